The van der Waals surface area contributed by atoms with Crippen molar-refractivity contribution in [1.29, 1.82) is 0 Å². The molecule has 1 aromatic heterocycles. The minimum absolute atomic E-state index is 0.146. The number of nitrogens with zero attached hydrogens (tertiary/aromatic N) is 2. The molecule has 0 saturated carbocycles. The Morgan fingerprint density at radius 1 is 1.82 bits per heavy atom. The van der Waals surface area contributed by atoms with E-state index in [9.17, 15) is 0 Å². The number of hydrogen-bond donors (Lipinski definition) is 1. The molecule has 4 nitrogen and oxygen atoms in total. The minimum Gasteiger partial charge on any atom is -0.465 e. The van der Waals surface area contributed by atoms with Gasteiger partial charge in [-0.25, -0.2) is 0 Å². The monoisotopic (exact) mass is 173 g/mol. The van der Waals surface area contributed by atoms with E-state index in [0.29, 0.717) is 5.19 Å². The highest BCUT2D eigenvalue weighted by Crippen LogP contribution is 2.11. The number of rotatable bonds is 4. The number of nitrogens with one attached hydrogen (secondary N) is 1. The number of likely N-dealkylation sites (N-methyl/N-ethyl adjacent to an activating group) is 1. The van der Waals surface area contributed by atoms with Crippen molar-refractivity contribution in [3.63, 3.8) is 0 Å². The number of aromatic nitrogens is 2. The van der Waals surface area contributed by atoms with Crippen molar-refractivity contribution in [1.82, 2.24) is 14.7 Å². The van der Waals surface area contributed by atoms with Crippen molar-refractivity contribution in [2.24, 2.45) is 0 Å². The fourth-order valence-electron chi connectivity index (χ4n) is 0.716. The van der Waals surface area contributed by atoms with Crippen molar-refractivity contribution in [3.8, 4) is 5.19 Å². The molecule has 1 heterocycles. The summed E-state index contributed by atoms with van der Waals surface area (Å²) in [5.74, 6) is 0. The average molecular weight is 173 g/mol. The summed E-state index contributed by atoms with van der Waals surface area (Å²) >= 11 is 1.27. The van der Waals surface area contributed by atoms with Crippen LogP contribution in [0.4, 0.5) is 0 Å². The van der Waals surface area contributed by atoms with Gasteiger partial charge in [-0.1, -0.05) is 0 Å². The first-order valence-corrected chi connectivity index (χ1v) is 4.18. The number of hydrogen-bond acceptors (Lipinski definition) is 5. The van der Waals surface area contributed by atoms with E-state index >= 15 is 0 Å². The minimum atomic E-state index is 0.146. The van der Waals surface area contributed by atoms with Gasteiger partial charge in [-0.2, -0.15) is 9.36 Å². The van der Waals surface area contributed by atoms with Crippen molar-refractivity contribution in [3.05, 3.63) is 6.33 Å². The molecule has 0 fully saturated rings. The Labute approximate surface area is 69.8 Å². The summed E-state index contributed by atoms with van der Waals surface area (Å²) in [6.07, 6.45) is 1.64. The number of ether oxygens (including phenoxy) is 1. The summed E-state index contributed by atoms with van der Waals surface area (Å²) < 4.78 is 9.20. The topological polar surface area (TPSA) is 47.0 Å². The van der Waals surface area contributed by atoms with Gasteiger partial charge in [0.05, 0.1) is 0 Å². The molecule has 0 saturated heterocycles. The van der Waals surface area contributed by atoms with Crippen LogP contribution in [0.25, 0.3) is 0 Å². The van der Waals surface area contributed by atoms with Crippen LogP contribution in [0.15, 0.2) is 6.33 Å². The van der Waals surface area contributed by atoms with E-state index in [4.69, 9.17) is 4.74 Å². The summed E-state index contributed by atoms with van der Waals surface area (Å²) in [5.41, 5.74) is 0. The third kappa shape index (κ3) is 2.81. The van der Waals surface area contributed by atoms with E-state index in [0.717, 1.165) is 6.54 Å². The third-order valence-corrected chi connectivity index (χ3v) is 1.69. The van der Waals surface area contributed by atoms with E-state index in [1.807, 2.05) is 14.0 Å². The first-order valence-electron chi connectivity index (χ1n) is 3.41. The van der Waals surface area contributed by atoms with Gasteiger partial charge in [0.2, 0.25) is 0 Å². The van der Waals surface area contributed by atoms with E-state index < -0.39 is 0 Å². The lowest BCUT2D eigenvalue weighted by molar-refractivity contribution is 0.219. The van der Waals surface area contributed by atoms with Gasteiger partial charge in [0.1, 0.15) is 12.4 Å². The van der Waals surface area contributed by atoms with Gasteiger partial charge in [-0.3, -0.25) is 0 Å². The fraction of sp³-hybridized carbons (Fsp3) is 0.667. The highest BCUT2D eigenvalue weighted by atomic mass is 32.1. The second-order valence-corrected chi connectivity index (χ2v) is 2.94. The quantitative estimate of drug-likeness (QED) is 0.721. The van der Waals surface area contributed by atoms with Crippen LogP contribution in [0.2, 0.25) is 0 Å². The molecule has 0 bridgehead atoms. The predicted molar refractivity (Wildman–Crippen MR) is 43.9 cm³/mol. The molecule has 0 radical (unpaired) electrons. The van der Waals surface area contributed by atoms with Crippen LogP contribution in [0, 0.1) is 0 Å². The molecule has 0 aliphatic carbocycles. The molecule has 11 heavy (non-hydrogen) atoms. The lowest BCUT2D eigenvalue weighted by Crippen LogP contribution is -2.25. The largest absolute Gasteiger partial charge is 0.465 e. The molecule has 1 unspecified atom stereocenters. The van der Waals surface area contributed by atoms with Gasteiger partial charge in [-0.05, 0) is 14.0 Å². The van der Waals surface area contributed by atoms with Gasteiger partial charge in [-0.15, -0.1) is 0 Å². The predicted octanol–water partition coefficient (Wildman–Crippen LogP) is 0.525. The molecule has 0 spiro atoms. The Kier molecular flexibility index (Phi) is 3.25. The van der Waals surface area contributed by atoms with Gasteiger partial charge in [0, 0.05) is 18.1 Å². The highest BCUT2D eigenvalue weighted by Gasteiger charge is 2.03. The molecule has 1 atom stereocenters. The maximum atomic E-state index is 5.38. The highest BCUT2D eigenvalue weighted by molar-refractivity contribution is 7.07. The molecule has 1 aromatic rings. The molecule has 0 amide bonds. The summed E-state index contributed by atoms with van der Waals surface area (Å²) in [6.45, 7) is 2.80. The van der Waals surface area contributed by atoms with Gasteiger partial charge in [0.25, 0.3) is 5.19 Å². The Hall–Kier alpha value is -0.680. The summed E-state index contributed by atoms with van der Waals surface area (Å²) in [6, 6.07) is 0. The molecule has 0 aromatic carbocycles. The molecule has 1 rings (SSSR count). The molecule has 0 aliphatic heterocycles. The van der Waals surface area contributed by atoms with Crippen LogP contribution < -0.4 is 10.1 Å². The van der Waals surface area contributed by atoms with Crippen LogP contribution in [-0.4, -0.2) is 29.1 Å². The van der Waals surface area contributed by atoms with Gasteiger partial charge < -0.3 is 10.1 Å². The zero-order chi connectivity index (χ0) is 8.10. The molecular formula is C6H11N3OS. The Balaban J connectivity index is 2.31. The van der Waals surface area contributed by atoms with Crippen LogP contribution in [0.1, 0.15) is 6.92 Å². The van der Waals surface area contributed by atoms with Crippen molar-refractivity contribution in [2.45, 2.75) is 13.0 Å². The maximum Gasteiger partial charge on any atom is 0.293 e. The van der Waals surface area contributed by atoms with Crippen LogP contribution in [0.3, 0.4) is 0 Å². The lowest BCUT2D eigenvalue weighted by Gasteiger charge is -2.09. The fourth-order valence-corrected chi connectivity index (χ4v) is 1.20. The normalized spacial score (nSPS) is 12.9. The third-order valence-electron chi connectivity index (χ3n) is 1.13. The summed E-state index contributed by atoms with van der Waals surface area (Å²) in [7, 11) is 1.89. The van der Waals surface area contributed by atoms with E-state index in [1.54, 1.807) is 0 Å². The molecule has 62 valence electrons. The summed E-state index contributed by atoms with van der Waals surface area (Å²) in [5, 5.41) is 3.64. The van der Waals surface area contributed by atoms with Crippen LogP contribution in [0.5, 0.6) is 5.19 Å². The molecular weight excluding hydrogens is 162 g/mol. The summed E-state index contributed by atoms with van der Waals surface area (Å²) in [4.78, 5) is 3.90. The van der Waals surface area contributed by atoms with Gasteiger partial charge >= 0.3 is 0 Å². The van der Waals surface area contributed by atoms with Crippen molar-refractivity contribution in [2.75, 3.05) is 13.6 Å². The molecule has 1 N–H and O–H groups in total. The van der Waals surface area contributed by atoms with E-state index in [-0.39, 0.29) is 6.10 Å². The Morgan fingerprint density at radius 3 is 3.18 bits per heavy atom. The molecule has 5 heteroatoms. The van der Waals surface area contributed by atoms with Gasteiger partial charge in [0.15, 0.2) is 0 Å². The van der Waals surface area contributed by atoms with E-state index in [1.165, 1.54) is 17.9 Å². The standard InChI is InChI=1S/C6H11N3OS/c1-5(3-7-2)10-6-8-4-9-11-6/h4-5,7H,3H2,1-2H3. The Morgan fingerprint density at radius 2 is 2.64 bits per heavy atom. The second kappa shape index (κ2) is 4.25. The Bertz CT molecular complexity index is 190. The van der Waals surface area contributed by atoms with Crippen molar-refractivity contribution >= 4 is 11.5 Å². The lowest BCUT2D eigenvalue weighted by atomic mass is 10.4. The molecule has 0 aliphatic rings. The van der Waals surface area contributed by atoms with Crippen LogP contribution >= 0.6 is 11.5 Å². The van der Waals surface area contributed by atoms with Crippen molar-refractivity contribution < 1.29 is 4.74 Å². The first kappa shape index (κ1) is 8.42. The van der Waals surface area contributed by atoms with E-state index in [2.05, 4.69) is 14.7 Å². The zero-order valence-electron chi connectivity index (χ0n) is 6.57. The maximum absolute atomic E-state index is 5.38. The zero-order valence-corrected chi connectivity index (χ0v) is 7.39. The first-order chi connectivity index (χ1) is 5.33. The second-order valence-electron chi connectivity index (χ2n) is 2.19. The SMILES string of the molecule is CNCC(C)Oc1ncns1. The smallest absolute Gasteiger partial charge is 0.293 e. The van der Waals surface area contributed by atoms with Crippen LogP contribution in [-0.2, 0) is 0 Å². The average Bonchev–Trinajstić information content (AvgIpc) is 2.40.